The SMILES string of the molecule is CC(=O)NC(=NC1CCN(C(=O)OC(C)(C)C)CC1)n1cccn1. The Morgan fingerprint density at radius 2 is 1.96 bits per heavy atom. The van der Waals surface area contributed by atoms with Gasteiger partial charge in [0.05, 0.1) is 6.04 Å². The lowest BCUT2D eigenvalue weighted by molar-refractivity contribution is -0.117. The normalized spacial score (nSPS) is 16.8. The van der Waals surface area contributed by atoms with Crippen LogP contribution in [0.1, 0.15) is 40.5 Å². The number of nitrogens with zero attached hydrogens (tertiary/aromatic N) is 4. The molecule has 1 aromatic heterocycles. The van der Waals surface area contributed by atoms with Crippen LogP contribution in [0.3, 0.4) is 0 Å². The molecule has 8 nitrogen and oxygen atoms in total. The zero-order valence-electron chi connectivity index (χ0n) is 14.7. The first kappa shape index (κ1) is 18.0. The van der Waals surface area contributed by atoms with E-state index in [1.54, 1.807) is 23.4 Å². The summed E-state index contributed by atoms with van der Waals surface area (Å²) in [4.78, 5) is 29.7. The number of rotatable bonds is 1. The number of aromatic nitrogens is 2. The summed E-state index contributed by atoms with van der Waals surface area (Å²) in [5, 5.41) is 6.81. The number of piperidine rings is 1. The van der Waals surface area contributed by atoms with Crippen molar-refractivity contribution in [2.24, 2.45) is 4.99 Å². The summed E-state index contributed by atoms with van der Waals surface area (Å²) >= 11 is 0. The van der Waals surface area contributed by atoms with E-state index in [1.165, 1.54) is 11.6 Å². The third-order valence-corrected chi connectivity index (χ3v) is 3.43. The molecule has 0 unspecified atom stereocenters. The maximum atomic E-state index is 12.1. The molecule has 0 radical (unpaired) electrons. The summed E-state index contributed by atoms with van der Waals surface area (Å²) in [5.41, 5.74) is -0.495. The molecule has 0 atom stereocenters. The highest BCUT2D eigenvalue weighted by molar-refractivity contribution is 5.96. The zero-order chi connectivity index (χ0) is 17.7. The van der Waals surface area contributed by atoms with Crippen molar-refractivity contribution in [2.75, 3.05) is 13.1 Å². The number of carbonyl (C=O) groups is 2. The van der Waals surface area contributed by atoms with Crippen LogP contribution in [0.4, 0.5) is 4.79 Å². The van der Waals surface area contributed by atoms with Crippen molar-refractivity contribution < 1.29 is 14.3 Å². The summed E-state index contributed by atoms with van der Waals surface area (Å²) in [6.45, 7) is 8.15. The molecule has 0 aliphatic carbocycles. The monoisotopic (exact) mass is 335 g/mol. The largest absolute Gasteiger partial charge is 0.444 e. The van der Waals surface area contributed by atoms with E-state index in [-0.39, 0.29) is 18.0 Å². The Bertz CT molecular complexity index is 596. The molecule has 0 aromatic carbocycles. The van der Waals surface area contributed by atoms with Crippen molar-refractivity contribution >= 4 is 18.0 Å². The van der Waals surface area contributed by atoms with Crippen LogP contribution in [0, 0.1) is 0 Å². The second kappa shape index (κ2) is 7.46. The maximum Gasteiger partial charge on any atom is 0.410 e. The molecular weight excluding hydrogens is 310 g/mol. The number of likely N-dealkylation sites (tertiary alicyclic amines) is 1. The van der Waals surface area contributed by atoms with Crippen molar-refractivity contribution in [1.82, 2.24) is 20.0 Å². The average Bonchev–Trinajstić information content (AvgIpc) is 2.99. The molecule has 1 saturated heterocycles. The predicted octanol–water partition coefficient (Wildman–Crippen LogP) is 1.62. The van der Waals surface area contributed by atoms with Crippen LogP contribution in [0.25, 0.3) is 0 Å². The molecule has 2 rings (SSSR count). The Morgan fingerprint density at radius 1 is 1.29 bits per heavy atom. The summed E-state index contributed by atoms with van der Waals surface area (Å²) in [5.74, 6) is 0.207. The van der Waals surface area contributed by atoms with Crippen molar-refractivity contribution in [3.05, 3.63) is 18.5 Å². The van der Waals surface area contributed by atoms with E-state index in [0.717, 1.165) is 0 Å². The Morgan fingerprint density at radius 3 is 2.46 bits per heavy atom. The molecule has 1 aliphatic rings. The van der Waals surface area contributed by atoms with E-state index in [1.807, 2.05) is 20.8 Å². The first-order chi connectivity index (χ1) is 11.2. The van der Waals surface area contributed by atoms with Crippen molar-refractivity contribution in [2.45, 2.75) is 52.2 Å². The fraction of sp³-hybridized carbons (Fsp3) is 0.625. The number of hydrogen-bond donors (Lipinski definition) is 1. The van der Waals surface area contributed by atoms with Gasteiger partial charge in [0, 0.05) is 32.4 Å². The minimum Gasteiger partial charge on any atom is -0.444 e. The van der Waals surface area contributed by atoms with E-state index in [9.17, 15) is 9.59 Å². The van der Waals surface area contributed by atoms with Gasteiger partial charge in [-0.25, -0.2) is 14.5 Å². The van der Waals surface area contributed by atoms with Crippen LogP contribution in [0.5, 0.6) is 0 Å². The molecule has 0 bridgehead atoms. The van der Waals surface area contributed by atoms with E-state index in [0.29, 0.717) is 31.9 Å². The lowest BCUT2D eigenvalue weighted by Gasteiger charge is -2.32. The standard InChI is InChI=1S/C16H25N5O3/c1-12(22)18-14(21-9-5-8-17-21)19-13-6-10-20(11-7-13)15(23)24-16(2,3)4/h5,8-9,13H,6-7,10-11H2,1-4H3,(H,18,19,22). The molecule has 1 aliphatic heterocycles. The first-order valence-electron chi connectivity index (χ1n) is 8.08. The van der Waals surface area contributed by atoms with Gasteiger partial charge in [-0.15, -0.1) is 0 Å². The molecule has 8 heteroatoms. The van der Waals surface area contributed by atoms with Gasteiger partial charge in [0.1, 0.15) is 5.60 Å². The average molecular weight is 335 g/mol. The van der Waals surface area contributed by atoms with Crippen molar-refractivity contribution in [3.63, 3.8) is 0 Å². The summed E-state index contributed by atoms with van der Waals surface area (Å²) in [6, 6.07) is 1.79. The van der Waals surface area contributed by atoms with Gasteiger partial charge in [-0.3, -0.25) is 10.1 Å². The van der Waals surface area contributed by atoms with E-state index >= 15 is 0 Å². The topological polar surface area (TPSA) is 88.8 Å². The highest BCUT2D eigenvalue weighted by atomic mass is 16.6. The second-order valence-electron chi connectivity index (χ2n) is 6.78. The Kier molecular flexibility index (Phi) is 5.58. The van der Waals surface area contributed by atoms with Crippen LogP contribution < -0.4 is 5.32 Å². The van der Waals surface area contributed by atoms with Crippen LogP contribution in [-0.2, 0) is 9.53 Å². The summed E-state index contributed by atoms with van der Waals surface area (Å²) in [6.07, 6.45) is 4.49. The molecule has 1 aromatic rings. The Balaban J connectivity index is 1.97. The molecule has 1 fully saturated rings. The molecule has 132 valence electrons. The van der Waals surface area contributed by atoms with Crippen molar-refractivity contribution in [3.8, 4) is 0 Å². The lowest BCUT2D eigenvalue weighted by Crippen LogP contribution is -2.43. The molecule has 1 N–H and O–H groups in total. The molecule has 24 heavy (non-hydrogen) atoms. The molecule has 0 spiro atoms. The van der Waals surface area contributed by atoms with Gasteiger partial charge >= 0.3 is 6.09 Å². The number of aliphatic imine (C=N–C) groups is 1. The minimum absolute atomic E-state index is 0.0229. The van der Waals surface area contributed by atoms with E-state index in [2.05, 4.69) is 15.4 Å². The molecule has 2 amide bonds. The maximum absolute atomic E-state index is 12.1. The summed E-state index contributed by atoms with van der Waals surface area (Å²) in [7, 11) is 0. The number of hydrogen-bond acceptors (Lipinski definition) is 5. The highest BCUT2D eigenvalue weighted by Gasteiger charge is 2.27. The number of amides is 2. The van der Waals surface area contributed by atoms with Gasteiger partial charge in [-0.1, -0.05) is 0 Å². The van der Waals surface area contributed by atoms with Gasteiger partial charge in [0.2, 0.25) is 11.9 Å². The highest BCUT2D eigenvalue weighted by Crippen LogP contribution is 2.17. The minimum atomic E-state index is -0.495. The fourth-order valence-electron chi connectivity index (χ4n) is 2.38. The molecule has 0 saturated carbocycles. The Labute approximate surface area is 141 Å². The molecular formula is C16H25N5O3. The fourth-order valence-corrected chi connectivity index (χ4v) is 2.38. The third kappa shape index (κ3) is 5.36. The van der Waals surface area contributed by atoms with Gasteiger partial charge < -0.3 is 9.64 Å². The Hall–Kier alpha value is -2.38. The summed E-state index contributed by atoms with van der Waals surface area (Å²) < 4.78 is 6.91. The lowest BCUT2D eigenvalue weighted by atomic mass is 10.1. The van der Waals surface area contributed by atoms with Gasteiger partial charge in [0.15, 0.2) is 0 Å². The smallest absolute Gasteiger partial charge is 0.410 e. The van der Waals surface area contributed by atoms with Gasteiger partial charge in [-0.2, -0.15) is 5.10 Å². The second-order valence-corrected chi connectivity index (χ2v) is 6.78. The van der Waals surface area contributed by atoms with Crippen LogP contribution in [0.2, 0.25) is 0 Å². The van der Waals surface area contributed by atoms with E-state index < -0.39 is 5.60 Å². The third-order valence-electron chi connectivity index (χ3n) is 3.43. The van der Waals surface area contributed by atoms with Gasteiger partial charge in [0.25, 0.3) is 0 Å². The first-order valence-corrected chi connectivity index (χ1v) is 8.08. The van der Waals surface area contributed by atoms with Gasteiger partial charge in [-0.05, 0) is 39.7 Å². The number of ether oxygens (including phenoxy) is 1. The predicted molar refractivity (Wildman–Crippen MR) is 89.7 cm³/mol. The quantitative estimate of drug-likeness (QED) is 0.624. The van der Waals surface area contributed by atoms with Crippen LogP contribution in [0.15, 0.2) is 23.5 Å². The number of nitrogens with one attached hydrogen (secondary N) is 1. The van der Waals surface area contributed by atoms with E-state index in [4.69, 9.17) is 4.74 Å². The zero-order valence-corrected chi connectivity index (χ0v) is 14.7. The van der Waals surface area contributed by atoms with Crippen LogP contribution >= 0.6 is 0 Å². The molecule has 2 heterocycles. The number of carbonyl (C=O) groups excluding carboxylic acids is 2. The van der Waals surface area contributed by atoms with Crippen LogP contribution in [-0.4, -0.2) is 57.4 Å². The van der Waals surface area contributed by atoms with Crippen molar-refractivity contribution in [1.29, 1.82) is 0 Å².